The Morgan fingerprint density at radius 2 is 1.76 bits per heavy atom. The normalized spacial score (nSPS) is 22.9. The summed E-state index contributed by atoms with van der Waals surface area (Å²) >= 11 is 0. The van der Waals surface area contributed by atoms with E-state index in [4.69, 9.17) is 14.2 Å². The Morgan fingerprint density at radius 1 is 1.14 bits per heavy atom. The lowest BCUT2D eigenvalue weighted by molar-refractivity contribution is -0.0712. The highest BCUT2D eigenvalue weighted by molar-refractivity contribution is 5.99. The predicted octanol–water partition coefficient (Wildman–Crippen LogP) is 3.48. The first-order valence-electron chi connectivity index (χ1n) is 7.16. The third-order valence-corrected chi connectivity index (χ3v) is 4.06. The van der Waals surface area contributed by atoms with Crippen molar-refractivity contribution in [3.63, 3.8) is 0 Å². The van der Waals surface area contributed by atoms with Crippen molar-refractivity contribution in [2.75, 3.05) is 14.2 Å². The zero-order valence-electron chi connectivity index (χ0n) is 13.6. The van der Waals surface area contributed by atoms with Gasteiger partial charge in [-0.05, 0) is 52.3 Å². The molecule has 4 nitrogen and oxygen atoms in total. The summed E-state index contributed by atoms with van der Waals surface area (Å²) < 4.78 is 16.5. The summed E-state index contributed by atoms with van der Waals surface area (Å²) in [6, 6.07) is 5.29. The Kier molecular flexibility index (Phi) is 4.02. The number of rotatable bonds is 4. The molecule has 2 rings (SSSR count). The summed E-state index contributed by atoms with van der Waals surface area (Å²) in [5.41, 5.74) is -0.110. The molecule has 1 aromatic carbocycles. The lowest BCUT2D eigenvalue weighted by atomic mass is 9.81. The average Bonchev–Trinajstić information content (AvgIpc) is 2.64. The second-order valence-electron chi connectivity index (χ2n) is 6.66. The van der Waals surface area contributed by atoms with E-state index < -0.39 is 5.60 Å². The van der Waals surface area contributed by atoms with Gasteiger partial charge in [0, 0.05) is 5.56 Å². The number of Topliss-reactive ketones (excluding diaryl/α,β-unsaturated/α-hetero) is 1. The molecule has 1 aliphatic heterocycles. The van der Waals surface area contributed by atoms with E-state index in [9.17, 15) is 4.79 Å². The van der Waals surface area contributed by atoms with Crippen LogP contribution in [-0.2, 0) is 4.74 Å². The third-order valence-electron chi connectivity index (χ3n) is 4.06. The van der Waals surface area contributed by atoms with Crippen LogP contribution >= 0.6 is 0 Å². The van der Waals surface area contributed by atoms with Crippen LogP contribution in [0.2, 0.25) is 0 Å². The highest BCUT2D eigenvalue weighted by Gasteiger charge is 2.49. The number of ketones is 1. The van der Waals surface area contributed by atoms with Crippen LogP contribution in [0.5, 0.6) is 11.5 Å². The molecule has 0 radical (unpaired) electrons. The van der Waals surface area contributed by atoms with Crippen molar-refractivity contribution in [2.45, 2.75) is 45.3 Å². The van der Waals surface area contributed by atoms with Crippen molar-refractivity contribution in [1.29, 1.82) is 0 Å². The quantitative estimate of drug-likeness (QED) is 0.797. The Bertz CT molecular complexity index is 546. The summed E-state index contributed by atoms with van der Waals surface area (Å²) in [7, 11) is 3.15. The van der Waals surface area contributed by atoms with Crippen LogP contribution in [0.1, 0.15) is 44.5 Å². The molecule has 1 saturated heterocycles. The molecular formula is C17H24O4. The first kappa shape index (κ1) is 15.8. The van der Waals surface area contributed by atoms with Gasteiger partial charge in [-0.1, -0.05) is 0 Å². The van der Waals surface area contributed by atoms with E-state index in [1.807, 2.05) is 27.7 Å². The van der Waals surface area contributed by atoms with Crippen molar-refractivity contribution in [2.24, 2.45) is 5.92 Å². The summed E-state index contributed by atoms with van der Waals surface area (Å²) in [5.74, 6) is 1.12. The van der Waals surface area contributed by atoms with Gasteiger partial charge in [0.15, 0.2) is 17.3 Å². The van der Waals surface area contributed by atoms with Crippen LogP contribution in [0, 0.1) is 5.92 Å². The summed E-state index contributed by atoms with van der Waals surface area (Å²) in [6.07, 6.45) is 0.715. The Hall–Kier alpha value is -1.55. The van der Waals surface area contributed by atoms with Gasteiger partial charge in [0.2, 0.25) is 0 Å². The maximum absolute atomic E-state index is 12.8. The molecule has 21 heavy (non-hydrogen) atoms. The van der Waals surface area contributed by atoms with Crippen molar-refractivity contribution < 1.29 is 19.0 Å². The summed E-state index contributed by atoms with van der Waals surface area (Å²) in [5, 5.41) is 0. The monoisotopic (exact) mass is 292 g/mol. The molecular weight excluding hydrogens is 268 g/mol. The molecule has 1 aromatic rings. The highest BCUT2D eigenvalue weighted by atomic mass is 16.5. The molecule has 1 heterocycles. The third kappa shape index (κ3) is 3.05. The topological polar surface area (TPSA) is 44.8 Å². The molecule has 0 aromatic heterocycles. The average molecular weight is 292 g/mol. The maximum Gasteiger partial charge on any atom is 0.169 e. The minimum atomic E-state index is -0.465. The van der Waals surface area contributed by atoms with Crippen molar-refractivity contribution in [3.05, 3.63) is 23.8 Å². The number of carbonyl (C=O) groups excluding carboxylic acids is 1. The van der Waals surface area contributed by atoms with Gasteiger partial charge in [-0.25, -0.2) is 0 Å². The minimum absolute atomic E-state index is 0.0894. The molecule has 0 saturated carbocycles. The van der Waals surface area contributed by atoms with E-state index in [1.165, 1.54) is 0 Å². The molecule has 4 heteroatoms. The van der Waals surface area contributed by atoms with Crippen LogP contribution in [0.25, 0.3) is 0 Å². The first-order chi connectivity index (χ1) is 9.70. The number of hydrogen-bond donors (Lipinski definition) is 0. The van der Waals surface area contributed by atoms with E-state index in [0.29, 0.717) is 23.5 Å². The fourth-order valence-electron chi connectivity index (χ4n) is 3.16. The summed E-state index contributed by atoms with van der Waals surface area (Å²) in [4.78, 5) is 12.8. The van der Waals surface area contributed by atoms with Gasteiger partial charge in [-0.3, -0.25) is 4.79 Å². The fraction of sp³-hybridized carbons (Fsp3) is 0.588. The van der Waals surface area contributed by atoms with E-state index in [1.54, 1.807) is 32.4 Å². The molecule has 1 atom stereocenters. The summed E-state index contributed by atoms with van der Waals surface area (Å²) in [6.45, 7) is 8.00. The number of ether oxygens (including phenoxy) is 3. The van der Waals surface area contributed by atoms with Crippen molar-refractivity contribution >= 4 is 5.78 Å². The fourth-order valence-corrected chi connectivity index (χ4v) is 3.16. The Morgan fingerprint density at radius 3 is 2.24 bits per heavy atom. The van der Waals surface area contributed by atoms with Crippen LogP contribution < -0.4 is 9.47 Å². The number of methoxy groups -OCH3 is 2. The van der Waals surface area contributed by atoms with Gasteiger partial charge in [-0.2, -0.15) is 0 Å². The zero-order valence-corrected chi connectivity index (χ0v) is 13.6. The SMILES string of the molecule is COc1ccc(C(=O)C2CC(C)(C)OC2(C)C)cc1OC. The minimum Gasteiger partial charge on any atom is -0.493 e. The molecule has 116 valence electrons. The van der Waals surface area contributed by atoms with Gasteiger partial charge < -0.3 is 14.2 Å². The molecule has 0 bridgehead atoms. The van der Waals surface area contributed by atoms with E-state index in [-0.39, 0.29) is 17.3 Å². The van der Waals surface area contributed by atoms with Gasteiger partial charge in [0.05, 0.1) is 31.3 Å². The molecule has 0 amide bonds. The lowest BCUT2D eigenvalue weighted by Gasteiger charge is -2.26. The molecule has 0 spiro atoms. The van der Waals surface area contributed by atoms with E-state index >= 15 is 0 Å². The van der Waals surface area contributed by atoms with Gasteiger partial charge in [-0.15, -0.1) is 0 Å². The van der Waals surface area contributed by atoms with E-state index in [0.717, 1.165) is 0 Å². The molecule has 1 fully saturated rings. The predicted molar refractivity (Wildman–Crippen MR) is 81.2 cm³/mol. The molecule has 0 N–H and O–H groups in total. The molecule has 0 aliphatic carbocycles. The van der Waals surface area contributed by atoms with Crippen LogP contribution in [0.4, 0.5) is 0 Å². The van der Waals surface area contributed by atoms with Gasteiger partial charge in [0.25, 0.3) is 0 Å². The molecule has 1 aliphatic rings. The first-order valence-corrected chi connectivity index (χ1v) is 7.16. The largest absolute Gasteiger partial charge is 0.493 e. The van der Waals surface area contributed by atoms with Gasteiger partial charge in [0.1, 0.15) is 0 Å². The van der Waals surface area contributed by atoms with Gasteiger partial charge >= 0.3 is 0 Å². The second-order valence-corrected chi connectivity index (χ2v) is 6.66. The highest BCUT2D eigenvalue weighted by Crippen LogP contribution is 2.43. The van der Waals surface area contributed by atoms with Crippen molar-refractivity contribution in [3.8, 4) is 11.5 Å². The Labute approximate surface area is 126 Å². The maximum atomic E-state index is 12.8. The molecule has 1 unspecified atom stereocenters. The van der Waals surface area contributed by atoms with Crippen LogP contribution in [0.3, 0.4) is 0 Å². The van der Waals surface area contributed by atoms with Crippen LogP contribution in [0.15, 0.2) is 18.2 Å². The smallest absolute Gasteiger partial charge is 0.169 e. The Balaban J connectivity index is 2.32. The number of carbonyl (C=O) groups is 1. The zero-order chi connectivity index (χ0) is 15.8. The number of hydrogen-bond acceptors (Lipinski definition) is 4. The van der Waals surface area contributed by atoms with Crippen molar-refractivity contribution in [1.82, 2.24) is 0 Å². The lowest BCUT2D eigenvalue weighted by Crippen LogP contribution is -2.33. The number of benzene rings is 1. The van der Waals surface area contributed by atoms with E-state index in [2.05, 4.69) is 0 Å². The standard InChI is InChI=1S/C17H24O4/c1-16(2)10-12(17(3,4)21-16)15(18)11-7-8-13(19-5)14(9-11)20-6/h7-9,12H,10H2,1-6H3. The van der Waals surface area contributed by atoms with Crippen LogP contribution in [-0.4, -0.2) is 31.2 Å². The second kappa shape index (κ2) is 5.34.